The van der Waals surface area contributed by atoms with Crippen LogP contribution in [-0.4, -0.2) is 24.7 Å². The Morgan fingerprint density at radius 2 is 1.69 bits per heavy atom. The number of nitrogens with one attached hydrogen (secondary N) is 1. The van der Waals surface area contributed by atoms with E-state index in [1.54, 1.807) is 17.0 Å². The number of rotatable bonds is 6. The molecule has 0 atom stereocenters. The van der Waals surface area contributed by atoms with Gasteiger partial charge in [-0.15, -0.1) is 0 Å². The number of benzene rings is 3. The normalized spacial score (nSPS) is 10.3. The van der Waals surface area contributed by atoms with E-state index in [0.29, 0.717) is 23.0 Å². The van der Waals surface area contributed by atoms with Crippen molar-refractivity contribution in [3.8, 4) is 5.75 Å². The van der Waals surface area contributed by atoms with E-state index in [1.807, 2.05) is 61.6 Å². The first-order valence-corrected chi connectivity index (χ1v) is 10.3. The Balaban J connectivity index is 1.67. The van der Waals surface area contributed by atoms with Gasteiger partial charge in [0.05, 0.1) is 12.2 Å². The fraction of sp³-hybridized carbons (Fsp3) is 0.130. The van der Waals surface area contributed by atoms with Gasteiger partial charge >= 0.3 is 0 Å². The fourth-order valence-electron chi connectivity index (χ4n) is 2.75. The topological polar surface area (TPSA) is 41.6 Å². The van der Waals surface area contributed by atoms with Crippen molar-refractivity contribution in [3.05, 3.63) is 94.5 Å². The van der Waals surface area contributed by atoms with Crippen molar-refractivity contribution in [1.29, 1.82) is 0 Å². The molecule has 4 nitrogen and oxygen atoms in total. The number of nitrogens with zero attached hydrogens (tertiary/aromatic N) is 1. The first-order chi connectivity index (χ1) is 14.0. The summed E-state index contributed by atoms with van der Waals surface area (Å²) in [6.45, 7) is 0.473. The molecular formula is C23H21BrN2O2S. The molecule has 0 radical (unpaired) electrons. The van der Waals surface area contributed by atoms with E-state index in [2.05, 4.69) is 33.4 Å². The molecule has 0 heterocycles. The summed E-state index contributed by atoms with van der Waals surface area (Å²) in [5.74, 6) is 0.209. The fourth-order valence-corrected chi connectivity index (χ4v) is 3.31. The van der Waals surface area contributed by atoms with Crippen molar-refractivity contribution >= 4 is 44.9 Å². The molecule has 148 valence electrons. The molecule has 0 fully saturated rings. The molecule has 0 aliphatic carbocycles. The molecular weight excluding hydrogens is 448 g/mol. The molecule has 0 bridgehead atoms. The molecule has 0 aliphatic heterocycles. The molecule has 3 rings (SSSR count). The maximum atomic E-state index is 12.9. The maximum absolute atomic E-state index is 12.9. The van der Waals surface area contributed by atoms with Gasteiger partial charge in [-0.05, 0) is 48.1 Å². The highest BCUT2D eigenvalue weighted by Crippen LogP contribution is 2.24. The SMILES string of the molecule is CN(C(=S)NC(=O)c1cc(Br)ccc1OCCc1ccccc1)c1ccccc1. The van der Waals surface area contributed by atoms with Crippen LogP contribution in [0.4, 0.5) is 5.69 Å². The first kappa shape index (κ1) is 21.0. The number of amides is 1. The zero-order valence-electron chi connectivity index (χ0n) is 16.0. The number of carbonyl (C=O) groups excluding carboxylic acids is 1. The van der Waals surface area contributed by atoms with Gasteiger partial charge in [-0.2, -0.15) is 0 Å². The summed E-state index contributed by atoms with van der Waals surface area (Å²) in [6, 6.07) is 25.1. The van der Waals surface area contributed by atoms with Gasteiger partial charge in [0.25, 0.3) is 5.91 Å². The molecule has 3 aromatic rings. The molecule has 0 saturated heterocycles. The van der Waals surface area contributed by atoms with Gasteiger partial charge < -0.3 is 9.64 Å². The minimum absolute atomic E-state index is 0.311. The van der Waals surface area contributed by atoms with Crippen molar-refractivity contribution in [2.45, 2.75) is 6.42 Å². The lowest BCUT2D eigenvalue weighted by atomic mass is 10.1. The van der Waals surface area contributed by atoms with Gasteiger partial charge in [-0.25, -0.2) is 0 Å². The summed E-state index contributed by atoms with van der Waals surface area (Å²) in [6.07, 6.45) is 0.757. The Hall–Kier alpha value is -2.70. The Morgan fingerprint density at radius 1 is 1.03 bits per heavy atom. The third-order valence-electron chi connectivity index (χ3n) is 4.35. The summed E-state index contributed by atoms with van der Waals surface area (Å²) in [4.78, 5) is 14.6. The Labute approximate surface area is 184 Å². The molecule has 0 spiro atoms. The van der Waals surface area contributed by atoms with Crippen LogP contribution < -0.4 is 15.0 Å². The van der Waals surface area contributed by atoms with Gasteiger partial charge in [0, 0.05) is 23.6 Å². The lowest BCUT2D eigenvalue weighted by molar-refractivity contribution is 0.0973. The minimum Gasteiger partial charge on any atom is -0.492 e. The molecule has 6 heteroatoms. The molecule has 1 amide bonds. The molecule has 1 N–H and O–H groups in total. The summed E-state index contributed by atoms with van der Waals surface area (Å²) in [5, 5.41) is 3.10. The van der Waals surface area contributed by atoms with Crippen molar-refractivity contribution in [3.63, 3.8) is 0 Å². The first-order valence-electron chi connectivity index (χ1n) is 9.15. The van der Waals surface area contributed by atoms with Crippen LogP contribution in [0.5, 0.6) is 5.75 Å². The summed E-state index contributed by atoms with van der Waals surface area (Å²) in [7, 11) is 1.82. The van der Waals surface area contributed by atoms with Gasteiger partial charge in [0.1, 0.15) is 5.75 Å². The smallest absolute Gasteiger partial charge is 0.261 e. The number of halogens is 1. The van der Waals surface area contributed by atoms with E-state index in [1.165, 1.54) is 5.56 Å². The van der Waals surface area contributed by atoms with Crippen molar-refractivity contribution in [2.24, 2.45) is 0 Å². The zero-order chi connectivity index (χ0) is 20.6. The summed E-state index contributed by atoms with van der Waals surface area (Å²) in [5.41, 5.74) is 2.50. The second kappa shape index (κ2) is 10.2. The van der Waals surface area contributed by atoms with E-state index in [0.717, 1.165) is 16.6 Å². The van der Waals surface area contributed by atoms with Crippen LogP contribution in [0.3, 0.4) is 0 Å². The van der Waals surface area contributed by atoms with E-state index in [4.69, 9.17) is 17.0 Å². The van der Waals surface area contributed by atoms with Crippen LogP contribution in [0.1, 0.15) is 15.9 Å². The second-order valence-electron chi connectivity index (χ2n) is 6.38. The predicted molar refractivity (Wildman–Crippen MR) is 125 cm³/mol. The predicted octanol–water partition coefficient (Wildman–Crippen LogP) is 5.22. The Bertz CT molecular complexity index is 981. The quantitative estimate of drug-likeness (QED) is 0.503. The van der Waals surface area contributed by atoms with Crippen molar-refractivity contribution in [2.75, 3.05) is 18.6 Å². The van der Waals surface area contributed by atoms with E-state index in [9.17, 15) is 4.79 Å². The van der Waals surface area contributed by atoms with E-state index >= 15 is 0 Å². The van der Waals surface area contributed by atoms with Gasteiger partial charge in [-0.3, -0.25) is 10.1 Å². The molecule has 3 aromatic carbocycles. The highest BCUT2D eigenvalue weighted by Gasteiger charge is 2.17. The monoisotopic (exact) mass is 468 g/mol. The number of hydrogen-bond acceptors (Lipinski definition) is 3. The standard InChI is InChI=1S/C23H21BrN2O2S/c1-26(19-10-6-3-7-11-19)23(29)25-22(27)20-16-18(24)12-13-21(20)28-15-14-17-8-4-2-5-9-17/h2-13,16H,14-15H2,1H3,(H,25,27,29). The Kier molecular flexibility index (Phi) is 7.38. The number of thiocarbonyl (C=S) groups is 1. The summed E-state index contributed by atoms with van der Waals surface area (Å²) >= 11 is 8.83. The Morgan fingerprint density at radius 3 is 2.38 bits per heavy atom. The minimum atomic E-state index is -0.311. The van der Waals surface area contributed by atoms with Crippen LogP contribution >= 0.6 is 28.1 Å². The highest BCUT2D eigenvalue weighted by atomic mass is 79.9. The average Bonchev–Trinajstić information content (AvgIpc) is 2.75. The average molecular weight is 469 g/mol. The van der Waals surface area contributed by atoms with E-state index < -0.39 is 0 Å². The van der Waals surface area contributed by atoms with Crippen molar-refractivity contribution in [1.82, 2.24) is 5.32 Å². The van der Waals surface area contributed by atoms with Crippen LogP contribution in [0.15, 0.2) is 83.3 Å². The van der Waals surface area contributed by atoms with Gasteiger partial charge in [0.2, 0.25) is 0 Å². The molecule has 29 heavy (non-hydrogen) atoms. The van der Waals surface area contributed by atoms with Gasteiger partial charge in [-0.1, -0.05) is 64.5 Å². The zero-order valence-corrected chi connectivity index (χ0v) is 18.4. The second-order valence-corrected chi connectivity index (χ2v) is 7.68. The molecule has 0 aliphatic rings. The van der Waals surface area contributed by atoms with Crippen LogP contribution in [0.25, 0.3) is 0 Å². The van der Waals surface area contributed by atoms with Crippen LogP contribution in [0, 0.1) is 0 Å². The van der Waals surface area contributed by atoms with E-state index in [-0.39, 0.29) is 5.91 Å². The maximum Gasteiger partial charge on any atom is 0.261 e. The largest absolute Gasteiger partial charge is 0.492 e. The lowest BCUT2D eigenvalue weighted by Crippen LogP contribution is -2.40. The van der Waals surface area contributed by atoms with Gasteiger partial charge in [0.15, 0.2) is 5.11 Å². The number of anilines is 1. The van der Waals surface area contributed by atoms with Crippen LogP contribution in [-0.2, 0) is 6.42 Å². The third-order valence-corrected chi connectivity index (χ3v) is 5.22. The molecule has 0 saturated carbocycles. The summed E-state index contributed by atoms with van der Waals surface area (Å²) < 4.78 is 6.70. The number of ether oxygens (including phenoxy) is 1. The highest BCUT2D eigenvalue weighted by molar-refractivity contribution is 9.10. The number of hydrogen-bond donors (Lipinski definition) is 1. The molecule has 0 aromatic heterocycles. The molecule has 0 unspecified atom stereocenters. The lowest BCUT2D eigenvalue weighted by Gasteiger charge is -2.21. The number of para-hydroxylation sites is 1. The number of carbonyl (C=O) groups is 1. The van der Waals surface area contributed by atoms with Crippen molar-refractivity contribution < 1.29 is 9.53 Å². The third kappa shape index (κ3) is 5.89. The van der Waals surface area contributed by atoms with Crippen LogP contribution in [0.2, 0.25) is 0 Å².